The molecule has 0 unspecified atom stereocenters. The number of allylic oxidation sites excluding steroid dienone is 1. The van der Waals surface area contributed by atoms with Crippen molar-refractivity contribution in [2.24, 2.45) is 0 Å². The molecule has 0 saturated heterocycles. The largest absolute Gasteiger partial charge is 0.456 e. The molecule has 10 aromatic rings. The van der Waals surface area contributed by atoms with Gasteiger partial charge in [0.15, 0.2) is 0 Å². The number of aryl methyl sites for hydroxylation is 1. The Morgan fingerprint density at radius 1 is 0.592 bits per heavy atom. The van der Waals surface area contributed by atoms with E-state index in [0.29, 0.717) is 0 Å². The summed E-state index contributed by atoms with van der Waals surface area (Å²) in [7, 11) is 0. The summed E-state index contributed by atoms with van der Waals surface area (Å²) >= 11 is 0. The lowest BCUT2D eigenvalue weighted by Crippen LogP contribution is -2.02. The minimum Gasteiger partial charge on any atom is -0.456 e. The predicted octanol–water partition coefficient (Wildman–Crippen LogP) is 11.2. The van der Waals surface area contributed by atoms with Gasteiger partial charge in [0.25, 0.3) is 0 Å². The van der Waals surface area contributed by atoms with Gasteiger partial charge < -0.3 is 8.98 Å². The molecular formula is C44H30N4O. The molecule has 0 amide bonds. The maximum atomic E-state index is 6.22. The van der Waals surface area contributed by atoms with Gasteiger partial charge in [-0.05, 0) is 110 Å². The van der Waals surface area contributed by atoms with E-state index in [4.69, 9.17) is 9.40 Å². The molecule has 5 heteroatoms. The molecule has 0 bridgehead atoms. The van der Waals surface area contributed by atoms with Crippen molar-refractivity contribution < 1.29 is 4.42 Å². The SMILES string of the molecule is Cc1ccc2oc3ccc(-n4c5ccc(-c6ccc7c(c6)c6c(n7-c7ccccc7)CCC=C6)cc5n5c6ccccc6nc45)cc3c2c1. The van der Waals surface area contributed by atoms with Gasteiger partial charge in [-0.25, -0.2) is 4.98 Å². The van der Waals surface area contributed by atoms with Gasteiger partial charge in [0.2, 0.25) is 5.78 Å². The topological polar surface area (TPSA) is 40.3 Å². The smallest absolute Gasteiger partial charge is 0.220 e. The van der Waals surface area contributed by atoms with Crippen molar-refractivity contribution in [2.45, 2.75) is 19.8 Å². The number of furan rings is 1. The third kappa shape index (κ3) is 3.78. The predicted molar refractivity (Wildman–Crippen MR) is 201 cm³/mol. The molecule has 5 nitrogen and oxygen atoms in total. The minimum atomic E-state index is 0.890. The van der Waals surface area contributed by atoms with E-state index in [-0.39, 0.29) is 0 Å². The number of para-hydroxylation sites is 3. The van der Waals surface area contributed by atoms with E-state index in [0.717, 1.165) is 68.3 Å². The first-order valence-corrected chi connectivity index (χ1v) is 16.9. The Labute approximate surface area is 281 Å². The number of hydrogen-bond donors (Lipinski definition) is 0. The van der Waals surface area contributed by atoms with E-state index in [1.807, 2.05) is 0 Å². The number of benzene rings is 6. The summed E-state index contributed by atoms with van der Waals surface area (Å²) in [6.45, 7) is 2.13. The zero-order chi connectivity index (χ0) is 32.2. The molecule has 0 aliphatic heterocycles. The van der Waals surface area contributed by atoms with Crippen LogP contribution in [0.3, 0.4) is 0 Å². The molecule has 6 aromatic carbocycles. The lowest BCUT2D eigenvalue weighted by molar-refractivity contribution is 0.669. The highest BCUT2D eigenvalue weighted by Crippen LogP contribution is 2.39. The monoisotopic (exact) mass is 630 g/mol. The zero-order valence-corrected chi connectivity index (χ0v) is 26.9. The molecule has 0 atom stereocenters. The fraction of sp³-hybridized carbons (Fsp3) is 0.0682. The highest BCUT2D eigenvalue weighted by Gasteiger charge is 2.21. The first-order valence-electron chi connectivity index (χ1n) is 16.9. The average Bonchev–Trinajstić information content (AvgIpc) is 3.88. The number of nitrogens with zero attached hydrogens (tertiary/aromatic N) is 4. The third-order valence-electron chi connectivity index (χ3n) is 10.4. The molecule has 0 radical (unpaired) electrons. The summed E-state index contributed by atoms with van der Waals surface area (Å²) in [5.74, 6) is 0.895. The molecule has 0 N–H and O–H groups in total. The van der Waals surface area contributed by atoms with E-state index in [1.54, 1.807) is 0 Å². The van der Waals surface area contributed by atoms with E-state index >= 15 is 0 Å². The van der Waals surface area contributed by atoms with E-state index in [2.05, 4.69) is 160 Å². The first-order chi connectivity index (χ1) is 24.2. The van der Waals surface area contributed by atoms with Crippen LogP contribution >= 0.6 is 0 Å². The second kappa shape index (κ2) is 9.85. The Kier molecular flexibility index (Phi) is 5.37. The molecule has 1 aliphatic rings. The quantitative estimate of drug-likeness (QED) is 0.195. The third-order valence-corrected chi connectivity index (χ3v) is 10.4. The summed E-state index contributed by atoms with van der Waals surface area (Å²) < 4.78 is 13.3. The van der Waals surface area contributed by atoms with Crippen molar-refractivity contribution >= 4 is 66.8 Å². The Morgan fingerprint density at radius 3 is 2.27 bits per heavy atom. The summed E-state index contributed by atoms with van der Waals surface area (Å²) in [6, 6.07) is 45.8. The average molecular weight is 631 g/mol. The van der Waals surface area contributed by atoms with Crippen LogP contribution in [0.25, 0.3) is 89.3 Å². The van der Waals surface area contributed by atoms with Crippen molar-refractivity contribution in [1.82, 2.24) is 18.5 Å². The van der Waals surface area contributed by atoms with Crippen molar-refractivity contribution in [2.75, 3.05) is 0 Å². The number of aromatic nitrogens is 4. The second-order valence-electron chi connectivity index (χ2n) is 13.3. The number of hydrogen-bond acceptors (Lipinski definition) is 2. The number of rotatable bonds is 3. The van der Waals surface area contributed by atoms with Crippen LogP contribution in [0.2, 0.25) is 0 Å². The Balaban J connectivity index is 1.15. The zero-order valence-electron chi connectivity index (χ0n) is 26.9. The molecule has 0 spiro atoms. The molecule has 4 aromatic heterocycles. The maximum Gasteiger partial charge on any atom is 0.220 e. The fourth-order valence-corrected chi connectivity index (χ4v) is 8.13. The first kappa shape index (κ1) is 26.7. The van der Waals surface area contributed by atoms with E-state index < -0.39 is 0 Å². The van der Waals surface area contributed by atoms with Crippen molar-refractivity contribution in [1.29, 1.82) is 0 Å². The molecule has 232 valence electrons. The van der Waals surface area contributed by atoms with Gasteiger partial charge in [-0.1, -0.05) is 66.2 Å². The Bertz CT molecular complexity index is 3000. The van der Waals surface area contributed by atoms with Crippen LogP contribution in [-0.4, -0.2) is 18.5 Å². The van der Waals surface area contributed by atoms with Gasteiger partial charge in [-0.2, -0.15) is 0 Å². The number of fused-ring (bicyclic) bond motifs is 11. The highest BCUT2D eigenvalue weighted by molar-refractivity contribution is 6.06. The fourth-order valence-electron chi connectivity index (χ4n) is 8.13. The van der Waals surface area contributed by atoms with Crippen molar-refractivity contribution in [3.8, 4) is 22.5 Å². The Hall–Kier alpha value is -6.33. The van der Waals surface area contributed by atoms with Gasteiger partial charge in [0.05, 0.1) is 33.3 Å². The molecule has 11 rings (SSSR count). The Morgan fingerprint density at radius 2 is 1.37 bits per heavy atom. The van der Waals surface area contributed by atoms with Crippen LogP contribution in [0.4, 0.5) is 0 Å². The molecule has 0 fully saturated rings. The van der Waals surface area contributed by atoms with Gasteiger partial charge >= 0.3 is 0 Å². The van der Waals surface area contributed by atoms with E-state index in [9.17, 15) is 0 Å². The van der Waals surface area contributed by atoms with Crippen LogP contribution in [0.1, 0.15) is 23.2 Å². The molecular weight excluding hydrogens is 601 g/mol. The van der Waals surface area contributed by atoms with Gasteiger partial charge in [0, 0.05) is 33.1 Å². The van der Waals surface area contributed by atoms with Crippen molar-refractivity contribution in [3.63, 3.8) is 0 Å². The van der Waals surface area contributed by atoms with Crippen LogP contribution in [0.5, 0.6) is 0 Å². The van der Waals surface area contributed by atoms with Gasteiger partial charge in [-0.15, -0.1) is 0 Å². The van der Waals surface area contributed by atoms with Crippen LogP contribution in [0.15, 0.2) is 138 Å². The van der Waals surface area contributed by atoms with E-state index in [1.165, 1.54) is 44.5 Å². The molecule has 1 aliphatic carbocycles. The lowest BCUT2D eigenvalue weighted by atomic mass is 9.98. The standard InChI is InChI=1S/C44H30N4O/c1-27-15-21-42-34(23-27)35-26-31(18-22-43(35)49-42)47-40-20-17-29(25-41(40)48-39-14-8-6-12-36(39)45-44(47)48)28-16-19-38-33(24-28)32-11-5-7-13-37(32)46(38)30-9-3-2-4-10-30/h2-6,8-12,14-26H,7,13H2,1H3. The van der Waals surface area contributed by atoms with Crippen LogP contribution in [0, 0.1) is 6.92 Å². The number of imidazole rings is 2. The summed E-state index contributed by atoms with van der Waals surface area (Å²) in [4.78, 5) is 5.19. The molecule has 49 heavy (non-hydrogen) atoms. The van der Waals surface area contributed by atoms with Crippen LogP contribution < -0.4 is 0 Å². The lowest BCUT2D eigenvalue weighted by Gasteiger charge is -2.13. The van der Waals surface area contributed by atoms with Gasteiger partial charge in [-0.3, -0.25) is 8.97 Å². The molecule has 4 heterocycles. The normalized spacial score (nSPS) is 13.2. The maximum absolute atomic E-state index is 6.22. The van der Waals surface area contributed by atoms with Crippen LogP contribution in [-0.2, 0) is 6.42 Å². The second-order valence-corrected chi connectivity index (χ2v) is 13.3. The summed E-state index contributed by atoms with van der Waals surface area (Å²) in [6.07, 6.45) is 6.73. The summed E-state index contributed by atoms with van der Waals surface area (Å²) in [5.41, 5.74) is 15.9. The summed E-state index contributed by atoms with van der Waals surface area (Å²) in [5, 5.41) is 3.53. The highest BCUT2D eigenvalue weighted by atomic mass is 16.3. The van der Waals surface area contributed by atoms with Gasteiger partial charge in [0.1, 0.15) is 11.2 Å². The molecule has 0 saturated carbocycles. The minimum absolute atomic E-state index is 0.890. The van der Waals surface area contributed by atoms with Crippen molar-refractivity contribution in [3.05, 3.63) is 150 Å².